The molecule has 116 valence electrons. The van der Waals surface area contributed by atoms with Crippen molar-refractivity contribution >= 4 is 0 Å². The molecule has 0 bridgehead atoms. The Balaban J connectivity index is 3.97. The SMILES string of the molecule is CC(C)(C)OCCOCCN(C(C)(C)C)C(C)(C)C. The molecule has 3 heteroatoms. The van der Waals surface area contributed by atoms with Gasteiger partial charge in [-0.15, -0.1) is 0 Å². The molecule has 0 rings (SSSR count). The third kappa shape index (κ3) is 9.42. The molecule has 0 fully saturated rings. The van der Waals surface area contributed by atoms with Crippen molar-refractivity contribution < 1.29 is 9.47 Å². The Kier molecular flexibility index (Phi) is 7.01. The van der Waals surface area contributed by atoms with E-state index in [9.17, 15) is 0 Å². The third-order valence-corrected chi connectivity index (χ3v) is 2.84. The first-order valence-corrected chi connectivity index (χ1v) is 7.33. The maximum Gasteiger partial charge on any atom is 0.0707 e. The fourth-order valence-electron chi connectivity index (χ4n) is 2.34. The summed E-state index contributed by atoms with van der Waals surface area (Å²) < 4.78 is 11.3. The van der Waals surface area contributed by atoms with Crippen LogP contribution in [-0.2, 0) is 9.47 Å². The van der Waals surface area contributed by atoms with E-state index in [0.29, 0.717) is 13.2 Å². The molecule has 0 saturated carbocycles. The van der Waals surface area contributed by atoms with Gasteiger partial charge in [0, 0.05) is 17.6 Å². The molecule has 0 aromatic carbocycles. The molecule has 0 radical (unpaired) electrons. The molecule has 0 aromatic heterocycles. The van der Waals surface area contributed by atoms with E-state index in [1.807, 2.05) is 0 Å². The summed E-state index contributed by atoms with van der Waals surface area (Å²) in [6.45, 7) is 22.7. The highest BCUT2D eigenvalue weighted by atomic mass is 16.5. The maximum atomic E-state index is 5.68. The smallest absolute Gasteiger partial charge is 0.0707 e. The van der Waals surface area contributed by atoms with Gasteiger partial charge in [0.1, 0.15) is 0 Å². The summed E-state index contributed by atoms with van der Waals surface area (Å²) in [5, 5.41) is 0. The molecule has 0 amide bonds. The normalized spacial score (nSPS) is 14.2. The first-order chi connectivity index (χ1) is 8.34. The molecule has 0 N–H and O–H groups in total. The standard InChI is InChI=1S/C16H35NO2/c1-14(2,3)17(15(4,5)6)10-11-18-12-13-19-16(7,8)9/h10-13H2,1-9H3. The van der Waals surface area contributed by atoms with Gasteiger partial charge in [0.25, 0.3) is 0 Å². The van der Waals surface area contributed by atoms with Crippen LogP contribution >= 0.6 is 0 Å². The monoisotopic (exact) mass is 273 g/mol. The van der Waals surface area contributed by atoms with Crippen LogP contribution in [0, 0.1) is 0 Å². The van der Waals surface area contributed by atoms with Gasteiger partial charge in [0.15, 0.2) is 0 Å². The van der Waals surface area contributed by atoms with E-state index >= 15 is 0 Å². The summed E-state index contributed by atoms with van der Waals surface area (Å²) in [5.74, 6) is 0. The lowest BCUT2D eigenvalue weighted by Crippen LogP contribution is -2.53. The van der Waals surface area contributed by atoms with Crippen molar-refractivity contribution in [3.05, 3.63) is 0 Å². The lowest BCUT2D eigenvalue weighted by Gasteiger charge is -2.45. The molecule has 0 aliphatic carbocycles. The summed E-state index contributed by atoms with van der Waals surface area (Å²) in [5.41, 5.74) is 0.235. The van der Waals surface area contributed by atoms with Crippen LogP contribution in [0.5, 0.6) is 0 Å². The second-order valence-electron chi connectivity index (χ2n) is 8.07. The van der Waals surface area contributed by atoms with Crippen molar-refractivity contribution in [3.63, 3.8) is 0 Å². The van der Waals surface area contributed by atoms with Crippen molar-refractivity contribution in [2.24, 2.45) is 0 Å². The Morgan fingerprint density at radius 3 is 1.53 bits per heavy atom. The average molecular weight is 273 g/mol. The van der Waals surface area contributed by atoms with Crippen LogP contribution in [-0.4, -0.2) is 47.9 Å². The fraction of sp³-hybridized carbons (Fsp3) is 1.00. The minimum absolute atomic E-state index is 0.0772. The van der Waals surface area contributed by atoms with Crippen molar-refractivity contribution in [3.8, 4) is 0 Å². The molecular formula is C16H35NO2. The summed E-state index contributed by atoms with van der Waals surface area (Å²) in [7, 11) is 0. The first-order valence-electron chi connectivity index (χ1n) is 7.33. The Morgan fingerprint density at radius 1 is 0.684 bits per heavy atom. The van der Waals surface area contributed by atoms with Gasteiger partial charge in [-0.25, -0.2) is 0 Å². The molecule has 19 heavy (non-hydrogen) atoms. The molecule has 3 nitrogen and oxygen atoms in total. The highest BCUT2D eigenvalue weighted by Crippen LogP contribution is 2.23. The van der Waals surface area contributed by atoms with Crippen LogP contribution in [0.25, 0.3) is 0 Å². The van der Waals surface area contributed by atoms with Crippen LogP contribution in [0.15, 0.2) is 0 Å². The van der Waals surface area contributed by atoms with Gasteiger partial charge in [-0.05, 0) is 62.3 Å². The van der Waals surface area contributed by atoms with Crippen molar-refractivity contribution in [1.82, 2.24) is 4.90 Å². The van der Waals surface area contributed by atoms with Crippen LogP contribution in [0.3, 0.4) is 0 Å². The van der Waals surface area contributed by atoms with Crippen LogP contribution < -0.4 is 0 Å². The Bertz CT molecular complexity index is 229. The zero-order valence-corrected chi connectivity index (χ0v) is 14.6. The summed E-state index contributed by atoms with van der Waals surface area (Å²) >= 11 is 0. The Hall–Kier alpha value is -0.120. The quantitative estimate of drug-likeness (QED) is 0.689. The van der Waals surface area contributed by atoms with Crippen molar-refractivity contribution in [1.29, 1.82) is 0 Å². The highest BCUT2D eigenvalue weighted by Gasteiger charge is 2.30. The van der Waals surface area contributed by atoms with Gasteiger partial charge in [-0.2, -0.15) is 0 Å². The van der Waals surface area contributed by atoms with E-state index < -0.39 is 0 Å². The molecule has 0 atom stereocenters. The van der Waals surface area contributed by atoms with Gasteiger partial charge in [0.05, 0.1) is 25.4 Å². The second kappa shape index (κ2) is 7.05. The third-order valence-electron chi connectivity index (χ3n) is 2.84. The number of nitrogens with zero attached hydrogens (tertiary/aromatic N) is 1. The summed E-state index contributed by atoms with van der Waals surface area (Å²) in [6, 6.07) is 0. The molecule has 0 spiro atoms. The molecule has 0 aliphatic rings. The van der Waals surface area contributed by atoms with Gasteiger partial charge in [-0.3, -0.25) is 4.90 Å². The molecular weight excluding hydrogens is 238 g/mol. The fourth-order valence-corrected chi connectivity index (χ4v) is 2.34. The predicted molar refractivity (Wildman–Crippen MR) is 82.7 cm³/mol. The van der Waals surface area contributed by atoms with E-state index in [-0.39, 0.29) is 16.7 Å². The molecule has 0 unspecified atom stereocenters. The number of rotatable bonds is 6. The predicted octanol–water partition coefficient (Wildman–Crippen LogP) is 3.72. The topological polar surface area (TPSA) is 21.7 Å². The van der Waals surface area contributed by atoms with Crippen LogP contribution in [0.2, 0.25) is 0 Å². The number of ether oxygens (including phenoxy) is 2. The highest BCUT2D eigenvalue weighted by molar-refractivity contribution is 4.86. The Labute approximate surface area is 120 Å². The van der Waals surface area contributed by atoms with Crippen molar-refractivity contribution in [2.45, 2.75) is 79.0 Å². The van der Waals surface area contributed by atoms with E-state index in [1.165, 1.54) is 0 Å². The second-order valence-corrected chi connectivity index (χ2v) is 8.07. The molecule has 0 heterocycles. The maximum absolute atomic E-state index is 5.68. The molecule has 0 saturated heterocycles. The number of hydrogen-bond donors (Lipinski definition) is 0. The van der Waals surface area contributed by atoms with Gasteiger partial charge >= 0.3 is 0 Å². The van der Waals surface area contributed by atoms with Gasteiger partial charge < -0.3 is 9.47 Å². The van der Waals surface area contributed by atoms with E-state index in [4.69, 9.17) is 9.47 Å². The average Bonchev–Trinajstić information content (AvgIpc) is 2.10. The summed E-state index contributed by atoms with van der Waals surface area (Å²) in [6.07, 6.45) is 0. The zero-order chi connectivity index (χ0) is 15.3. The van der Waals surface area contributed by atoms with E-state index in [0.717, 1.165) is 13.2 Å². The minimum atomic E-state index is -0.0772. The largest absolute Gasteiger partial charge is 0.378 e. The summed E-state index contributed by atoms with van der Waals surface area (Å²) in [4.78, 5) is 2.48. The van der Waals surface area contributed by atoms with Crippen molar-refractivity contribution in [2.75, 3.05) is 26.4 Å². The van der Waals surface area contributed by atoms with E-state index in [1.54, 1.807) is 0 Å². The number of hydrogen-bond acceptors (Lipinski definition) is 3. The zero-order valence-electron chi connectivity index (χ0n) is 14.6. The Morgan fingerprint density at radius 2 is 1.16 bits per heavy atom. The minimum Gasteiger partial charge on any atom is -0.378 e. The molecule has 0 aliphatic heterocycles. The molecule has 0 aromatic rings. The van der Waals surface area contributed by atoms with Crippen LogP contribution in [0.1, 0.15) is 62.3 Å². The lowest BCUT2D eigenvalue weighted by molar-refractivity contribution is -0.0455. The van der Waals surface area contributed by atoms with Gasteiger partial charge in [0.2, 0.25) is 0 Å². The van der Waals surface area contributed by atoms with E-state index in [2.05, 4.69) is 67.2 Å². The lowest BCUT2D eigenvalue weighted by atomic mass is 9.96. The first kappa shape index (κ1) is 18.9. The van der Waals surface area contributed by atoms with Crippen LogP contribution in [0.4, 0.5) is 0 Å². The van der Waals surface area contributed by atoms with Gasteiger partial charge in [-0.1, -0.05) is 0 Å².